The van der Waals surface area contributed by atoms with Crippen LogP contribution >= 0.6 is 23.2 Å². The molecule has 1 aliphatic heterocycles. The molecule has 3 heteroatoms. The Morgan fingerprint density at radius 1 is 1.26 bits per heavy atom. The fourth-order valence-corrected chi connectivity index (χ4v) is 3.41. The lowest BCUT2D eigenvalue weighted by Crippen LogP contribution is -2.24. The van der Waals surface area contributed by atoms with Crippen LogP contribution in [0.15, 0.2) is 18.2 Å². The predicted octanol–water partition coefficient (Wildman–Crippen LogP) is 5.34. The van der Waals surface area contributed by atoms with Crippen LogP contribution in [0.1, 0.15) is 38.7 Å². The molecule has 0 bridgehead atoms. The number of benzene rings is 1. The van der Waals surface area contributed by atoms with E-state index < -0.39 is 0 Å². The van der Waals surface area contributed by atoms with Crippen LogP contribution in [-0.2, 0) is 5.88 Å². The van der Waals surface area contributed by atoms with Gasteiger partial charge in [-0.2, -0.15) is 0 Å². The first kappa shape index (κ1) is 15.0. The summed E-state index contributed by atoms with van der Waals surface area (Å²) in [5.41, 5.74) is 2.25. The van der Waals surface area contributed by atoms with Gasteiger partial charge in [0.1, 0.15) is 0 Å². The highest BCUT2D eigenvalue weighted by Gasteiger charge is 2.20. The third-order valence-electron chi connectivity index (χ3n) is 4.22. The van der Waals surface area contributed by atoms with Crippen LogP contribution in [0.3, 0.4) is 0 Å². The number of hydrogen-bond acceptors (Lipinski definition) is 1. The van der Waals surface area contributed by atoms with Gasteiger partial charge in [0.25, 0.3) is 0 Å². The minimum absolute atomic E-state index is 0.523. The van der Waals surface area contributed by atoms with E-state index in [-0.39, 0.29) is 0 Å². The van der Waals surface area contributed by atoms with Crippen molar-refractivity contribution in [1.82, 2.24) is 0 Å². The lowest BCUT2D eigenvalue weighted by molar-refractivity contribution is 0.351. The molecule has 0 aliphatic carbocycles. The van der Waals surface area contributed by atoms with E-state index in [0.29, 0.717) is 5.88 Å². The average Bonchev–Trinajstić information content (AvgIpc) is 2.64. The van der Waals surface area contributed by atoms with Crippen LogP contribution in [-0.4, -0.2) is 13.1 Å². The van der Waals surface area contributed by atoms with E-state index in [4.69, 9.17) is 23.2 Å². The predicted molar refractivity (Wildman–Crippen MR) is 85.4 cm³/mol. The van der Waals surface area contributed by atoms with Crippen molar-refractivity contribution in [2.24, 2.45) is 11.8 Å². The third-order valence-corrected chi connectivity index (χ3v) is 4.83. The Kier molecular flexibility index (Phi) is 5.41. The second-order valence-corrected chi connectivity index (χ2v) is 6.52. The molecule has 2 rings (SSSR count). The number of anilines is 1. The smallest absolute Gasteiger partial charge is 0.0642 e. The van der Waals surface area contributed by atoms with E-state index in [1.807, 2.05) is 6.07 Å². The molecule has 1 fully saturated rings. The van der Waals surface area contributed by atoms with Crippen molar-refractivity contribution in [3.05, 3.63) is 28.8 Å². The Balaban J connectivity index is 2.10. The summed E-state index contributed by atoms with van der Waals surface area (Å²) in [7, 11) is 0. The van der Waals surface area contributed by atoms with E-state index in [1.165, 1.54) is 24.9 Å². The Labute approximate surface area is 126 Å². The summed E-state index contributed by atoms with van der Waals surface area (Å²) in [6, 6.07) is 6.20. The lowest BCUT2D eigenvalue weighted by Gasteiger charge is -2.25. The minimum atomic E-state index is 0.523. The van der Waals surface area contributed by atoms with Gasteiger partial charge in [-0.25, -0.2) is 0 Å². The molecule has 1 aromatic carbocycles. The highest BCUT2D eigenvalue weighted by atomic mass is 35.5. The molecule has 106 valence electrons. The molecular formula is C16H23Cl2N. The van der Waals surface area contributed by atoms with Gasteiger partial charge in [0.05, 0.1) is 10.7 Å². The minimum Gasteiger partial charge on any atom is -0.370 e. The average molecular weight is 300 g/mol. The Bertz CT molecular complexity index is 417. The maximum atomic E-state index is 6.39. The van der Waals surface area contributed by atoms with E-state index in [9.17, 15) is 0 Å². The molecule has 0 spiro atoms. The zero-order valence-electron chi connectivity index (χ0n) is 11.8. The highest BCUT2D eigenvalue weighted by Crippen LogP contribution is 2.32. The molecule has 1 saturated heterocycles. The fraction of sp³-hybridized carbons (Fsp3) is 0.625. The molecule has 0 N–H and O–H groups in total. The molecule has 1 aliphatic rings. The van der Waals surface area contributed by atoms with Gasteiger partial charge in [-0.3, -0.25) is 0 Å². The summed E-state index contributed by atoms with van der Waals surface area (Å²) in [5, 5.41) is 0.834. The number of nitrogens with zero attached hydrogens (tertiary/aromatic N) is 1. The molecule has 0 aromatic heterocycles. The summed E-state index contributed by atoms with van der Waals surface area (Å²) in [6.07, 6.45) is 3.87. The van der Waals surface area contributed by atoms with E-state index in [0.717, 1.165) is 35.5 Å². The molecule has 1 aromatic rings. The van der Waals surface area contributed by atoms with Crippen molar-refractivity contribution in [3.63, 3.8) is 0 Å². The molecule has 0 amide bonds. The van der Waals surface area contributed by atoms with Gasteiger partial charge in [0.2, 0.25) is 0 Å². The molecule has 1 heterocycles. The molecule has 1 nitrogen and oxygen atoms in total. The number of rotatable bonds is 3. The first-order valence-corrected chi connectivity index (χ1v) is 8.12. The van der Waals surface area contributed by atoms with Gasteiger partial charge in [0.15, 0.2) is 0 Å². The van der Waals surface area contributed by atoms with Crippen molar-refractivity contribution >= 4 is 28.9 Å². The zero-order valence-corrected chi connectivity index (χ0v) is 13.3. The number of halogens is 2. The molecule has 1 atom stereocenters. The normalized spacial score (nSPS) is 20.7. The van der Waals surface area contributed by atoms with Crippen LogP contribution in [0, 0.1) is 11.8 Å². The van der Waals surface area contributed by atoms with Gasteiger partial charge in [0, 0.05) is 19.0 Å². The van der Waals surface area contributed by atoms with Gasteiger partial charge < -0.3 is 4.90 Å². The standard InChI is InChI=1S/C16H23Cl2N/c1-12(2)14-4-3-8-19(9-7-14)16-6-5-13(11-17)10-15(16)18/h5-6,10,12,14H,3-4,7-9,11H2,1-2H3. The van der Waals surface area contributed by atoms with Crippen molar-refractivity contribution < 1.29 is 0 Å². The van der Waals surface area contributed by atoms with Crippen molar-refractivity contribution in [3.8, 4) is 0 Å². The molecule has 1 unspecified atom stereocenters. The van der Waals surface area contributed by atoms with Crippen LogP contribution < -0.4 is 4.90 Å². The summed E-state index contributed by atoms with van der Waals surface area (Å²) in [4.78, 5) is 2.43. The summed E-state index contributed by atoms with van der Waals surface area (Å²) >= 11 is 12.2. The highest BCUT2D eigenvalue weighted by molar-refractivity contribution is 6.33. The molecule has 0 saturated carbocycles. The number of alkyl halides is 1. The van der Waals surface area contributed by atoms with E-state index >= 15 is 0 Å². The summed E-state index contributed by atoms with van der Waals surface area (Å²) in [5.74, 6) is 2.16. The van der Waals surface area contributed by atoms with Crippen LogP contribution in [0.25, 0.3) is 0 Å². The van der Waals surface area contributed by atoms with Crippen molar-refractivity contribution in [2.45, 2.75) is 39.0 Å². The maximum Gasteiger partial charge on any atom is 0.0642 e. The lowest BCUT2D eigenvalue weighted by atomic mass is 9.89. The maximum absolute atomic E-state index is 6.39. The van der Waals surface area contributed by atoms with Gasteiger partial charge in [-0.1, -0.05) is 31.5 Å². The topological polar surface area (TPSA) is 3.24 Å². The molecule has 0 radical (unpaired) electrons. The van der Waals surface area contributed by atoms with Crippen molar-refractivity contribution in [2.75, 3.05) is 18.0 Å². The van der Waals surface area contributed by atoms with Gasteiger partial charge in [-0.15, -0.1) is 11.6 Å². The second-order valence-electron chi connectivity index (χ2n) is 5.84. The zero-order chi connectivity index (χ0) is 13.8. The van der Waals surface area contributed by atoms with Crippen LogP contribution in [0.5, 0.6) is 0 Å². The second kappa shape index (κ2) is 6.85. The Hall–Kier alpha value is -0.400. The Morgan fingerprint density at radius 2 is 2.05 bits per heavy atom. The first-order valence-electron chi connectivity index (χ1n) is 7.21. The SMILES string of the molecule is CC(C)C1CCCN(c2ccc(CCl)cc2Cl)CC1. The first-order chi connectivity index (χ1) is 9.11. The van der Waals surface area contributed by atoms with Gasteiger partial charge in [-0.05, 0) is 48.8 Å². The number of hydrogen-bond donors (Lipinski definition) is 0. The van der Waals surface area contributed by atoms with E-state index in [2.05, 4.69) is 30.9 Å². The summed E-state index contributed by atoms with van der Waals surface area (Å²) < 4.78 is 0. The monoisotopic (exact) mass is 299 g/mol. The fourth-order valence-electron chi connectivity index (χ4n) is 2.92. The quantitative estimate of drug-likeness (QED) is 0.681. The molecule has 19 heavy (non-hydrogen) atoms. The largest absolute Gasteiger partial charge is 0.370 e. The Morgan fingerprint density at radius 3 is 2.68 bits per heavy atom. The van der Waals surface area contributed by atoms with Crippen molar-refractivity contribution in [1.29, 1.82) is 0 Å². The third kappa shape index (κ3) is 3.79. The van der Waals surface area contributed by atoms with Crippen LogP contribution in [0.2, 0.25) is 5.02 Å². The van der Waals surface area contributed by atoms with E-state index in [1.54, 1.807) is 0 Å². The molecular weight excluding hydrogens is 277 g/mol. The van der Waals surface area contributed by atoms with Gasteiger partial charge >= 0.3 is 0 Å². The van der Waals surface area contributed by atoms with Crippen LogP contribution in [0.4, 0.5) is 5.69 Å². The summed E-state index contributed by atoms with van der Waals surface area (Å²) in [6.45, 7) is 6.90.